The summed E-state index contributed by atoms with van der Waals surface area (Å²) in [5.41, 5.74) is 1.83. The average Bonchev–Trinajstić information content (AvgIpc) is 2.49. The van der Waals surface area contributed by atoms with Gasteiger partial charge in [-0.15, -0.1) is 0 Å². The Balaban J connectivity index is 2.06. The smallest absolute Gasteiger partial charge is 0.321 e. The monoisotopic (exact) mass is 354 g/mol. The topological polar surface area (TPSA) is 69.6 Å². The molecule has 0 spiro atoms. The fourth-order valence-electron chi connectivity index (χ4n) is 2.53. The lowest BCUT2D eigenvalue weighted by molar-refractivity contribution is -0.143. The van der Waals surface area contributed by atoms with Crippen LogP contribution in [0, 0.1) is 5.92 Å². The summed E-state index contributed by atoms with van der Waals surface area (Å²) in [5.74, 6) is -1.29. The molecule has 2 rings (SSSR count). The number of likely N-dealkylation sites (tertiary alicyclic amines) is 1. The van der Waals surface area contributed by atoms with Crippen LogP contribution in [0.5, 0.6) is 0 Å². The molecule has 1 aromatic carbocycles. The maximum atomic E-state index is 12.3. The fraction of sp³-hybridized carbons (Fsp3) is 0.467. The first-order valence-electron chi connectivity index (χ1n) is 7.08. The van der Waals surface area contributed by atoms with Gasteiger partial charge in [0.2, 0.25) is 0 Å². The SMILES string of the molecule is CCc1cc(Br)ccc1NC(=O)N1CCC[C@H](C(=O)O)C1. The van der Waals surface area contributed by atoms with E-state index < -0.39 is 11.9 Å². The Hall–Kier alpha value is -1.56. The van der Waals surface area contributed by atoms with Crippen molar-refractivity contribution in [3.63, 3.8) is 0 Å². The second-order valence-corrected chi connectivity index (χ2v) is 6.12. The fourth-order valence-corrected chi connectivity index (χ4v) is 2.94. The highest BCUT2D eigenvalue weighted by Crippen LogP contribution is 2.23. The van der Waals surface area contributed by atoms with Crippen molar-refractivity contribution in [2.45, 2.75) is 26.2 Å². The van der Waals surface area contributed by atoms with Crippen molar-refractivity contribution in [3.8, 4) is 0 Å². The number of aliphatic carboxylic acids is 1. The molecule has 114 valence electrons. The van der Waals surface area contributed by atoms with Gasteiger partial charge in [0, 0.05) is 23.2 Å². The molecule has 5 nitrogen and oxygen atoms in total. The maximum Gasteiger partial charge on any atom is 0.321 e. The van der Waals surface area contributed by atoms with Crippen LogP contribution in [0.15, 0.2) is 22.7 Å². The molecule has 1 aliphatic rings. The summed E-state index contributed by atoms with van der Waals surface area (Å²) in [7, 11) is 0. The summed E-state index contributed by atoms with van der Waals surface area (Å²) in [5, 5.41) is 12.0. The van der Waals surface area contributed by atoms with E-state index in [1.54, 1.807) is 4.90 Å². The van der Waals surface area contributed by atoms with Crippen molar-refractivity contribution in [2.75, 3.05) is 18.4 Å². The normalized spacial score (nSPS) is 18.4. The van der Waals surface area contributed by atoms with Crippen molar-refractivity contribution in [3.05, 3.63) is 28.2 Å². The third kappa shape index (κ3) is 3.97. The van der Waals surface area contributed by atoms with Crippen molar-refractivity contribution in [2.24, 2.45) is 5.92 Å². The Kier molecular flexibility index (Phi) is 5.22. The highest BCUT2D eigenvalue weighted by molar-refractivity contribution is 9.10. The van der Waals surface area contributed by atoms with Crippen LogP contribution in [0.2, 0.25) is 0 Å². The van der Waals surface area contributed by atoms with Gasteiger partial charge in [-0.05, 0) is 43.0 Å². The summed E-state index contributed by atoms with van der Waals surface area (Å²) in [6.45, 7) is 2.91. The third-order valence-corrected chi connectivity index (χ3v) is 4.24. The molecular formula is C15H19BrN2O3. The standard InChI is InChI=1S/C15H19BrN2O3/c1-2-10-8-12(16)5-6-13(10)17-15(21)18-7-3-4-11(9-18)14(19)20/h5-6,8,11H,2-4,7,9H2,1H3,(H,17,21)(H,19,20)/t11-/m0/s1. The Morgan fingerprint density at radius 1 is 1.48 bits per heavy atom. The van der Waals surface area contributed by atoms with Gasteiger partial charge in [0.25, 0.3) is 0 Å². The molecule has 21 heavy (non-hydrogen) atoms. The molecule has 1 heterocycles. The van der Waals surface area contributed by atoms with Crippen molar-refractivity contribution in [1.82, 2.24) is 4.90 Å². The Bertz CT molecular complexity index is 548. The Morgan fingerprint density at radius 2 is 2.24 bits per heavy atom. The van der Waals surface area contributed by atoms with E-state index >= 15 is 0 Å². The number of amides is 2. The lowest BCUT2D eigenvalue weighted by Crippen LogP contribution is -2.44. The maximum absolute atomic E-state index is 12.3. The van der Waals surface area contributed by atoms with Crippen LogP contribution in [-0.2, 0) is 11.2 Å². The van der Waals surface area contributed by atoms with Crippen LogP contribution in [-0.4, -0.2) is 35.1 Å². The zero-order valence-electron chi connectivity index (χ0n) is 11.9. The average molecular weight is 355 g/mol. The number of carbonyl (C=O) groups is 2. The van der Waals surface area contributed by atoms with Crippen LogP contribution in [0.1, 0.15) is 25.3 Å². The zero-order valence-corrected chi connectivity index (χ0v) is 13.5. The molecule has 0 saturated carbocycles. The molecule has 1 aromatic rings. The minimum Gasteiger partial charge on any atom is -0.481 e. The van der Waals surface area contributed by atoms with E-state index in [0.717, 1.165) is 28.6 Å². The quantitative estimate of drug-likeness (QED) is 0.874. The first-order valence-corrected chi connectivity index (χ1v) is 7.87. The molecule has 1 atom stereocenters. The number of nitrogens with one attached hydrogen (secondary N) is 1. The van der Waals surface area contributed by atoms with E-state index in [1.165, 1.54) is 0 Å². The number of urea groups is 1. The van der Waals surface area contributed by atoms with Gasteiger partial charge in [0.05, 0.1) is 5.92 Å². The number of carboxylic acid groups (broad SMARTS) is 1. The van der Waals surface area contributed by atoms with Crippen LogP contribution in [0.3, 0.4) is 0 Å². The summed E-state index contributed by atoms with van der Waals surface area (Å²) in [6, 6.07) is 5.49. The van der Waals surface area contributed by atoms with Crippen LogP contribution in [0.4, 0.5) is 10.5 Å². The first-order chi connectivity index (χ1) is 10.0. The van der Waals surface area contributed by atoms with Gasteiger partial charge in [0.15, 0.2) is 0 Å². The minimum atomic E-state index is -0.828. The molecule has 0 aliphatic carbocycles. The minimum absolute atomic E-state index is 0.224. The summed E-state index contributed by atoms with van der Waals surface area (Å²) in [4.78, 5) is 24.9. The van der Waals surface area contributed by atoms with Crippen molar-refractivity contribution < 1.29 is 14.7 Å². The number of anilines is 1. The summed E-state index contributed by atoms with van der Waals surface area (Å²) < 4.78 is 0.973. The third-order valence-electron chi connectivity index (χ3n) is 3.75. The van der Waals surface area contributed by atoms with Gasteiger partial charge in [-0.2, -0.15) is 0 Å². The van der Waals surface area contributed by atoms with E-state index in [-0.39, 0.29) is 12.6 Å². The molecule has 1 saturated heterocycles. The molecule has 2 N–H and O–H groups in total. The molecule has 0 bridgehead atoms. The van der Waals surface area contributed by atoms with Crippen molar-refractivity contribution in [1.29, 1.82) is 0 Å². The molecule has 1 fully saturated rings. The lowest BCUT2D eigenvalue weighted by atomic mass is 9.99. The van der Waals surface area contributed by atoms with Gasteiger partial charge in [0.1, 0.15) is 0 Å². The summed E-state index contributed by atoms with van der Waals surface area (Å²) >= 11 is 3.42. The number of hydrogen-bond donors (Lipinski definition) is 2. The number of halogens is 1. The lowest BCUT2D eigenvalue weighted by Gasteiger charge is -2.31. The number of aryl methyl sites for hydroxylation is 1. The van der Waals surface area contributed by atoms with Gasteiger partial charge >= 0.3 is 12.0 Å². The number of carboxylic acids is 1. The van der Waals surface area contributed by atoms with Crippen LogP contribution < -0.4 is 5.32 Å². The second-order valence-electron chi connectivity index (χ2n) is 5.21. The van der Waals surface area contributed by atoms with E-state index in [1.807, 2.05) is 25.1 Å². The molecular weight excluding hydrogens is 336 g/mol. The molecule has 0 aromatic heterocycles. The highest BCUT2D eigenvalue weighted by Gasteiger charge is 2.28. The highest BCUT2D eigenvalue weighted by atomic mass is 79.9. The van der Waals surface area contributed by atoms with Gasteiger partial charge in [-0.1, -0.05) is 22.9 Å². The number of rotatable bonds is 3. The van der Waals surface area contributed by atoms with E-state index in [9.17, 15) is 9.59 Å². The van der Waals surface area contributed by atoms with E-state index in [0.29, 0.717) is 13.0 Å². The van der Waals surface area contributed by atoms with Gasteiger partial charge < -0.3 is 15.3 Å². The number of hydrogen-bond acceptors (Lipinski definition) is 2. The summed E-state index contributed by atoms with van der Waals surface area (Å²) in [6.07, 6.45) is 2.18. The first kappa shape index (κ1) is 15.8. The Labute approximate surface area is 132 Å². The zero-order chi connectivity index (χ0) is 15.4. The van der Waals surface area contributed by atoms with E-state index in [2.05, 4.69) is 21.2 Å². The number of carbonyl (C=O) groups excluding carboxylic acids is 1. The number of benzene rings is 1. The predicted molar refractivity (Wildman–Crippen MR) is 84.5 cm³/mol. The predicted octanol–water partition coefficient (Wildman–Crippen LogP) is 3.34. The van der Waals surface area contributed by atoms with Crippen LogP contribution >= 0.6 is 15.9 Å². The second kappa shape index (κ2) is 6.93. The number of nitrogens with zero attached hydrogens (tertiary/aromatic N) is 1. The molecule has 0 radical (unpaired) electrons. The van der Waals surface area contributed by atoms with Crippen molar-refractivity contribution >= 4 is 33.6 Å². The molecule has 6 heteroatoms. The molecule has 2 amide bonds. The molecule has 0 unspecified atom stereocenters. The van der Waals surface area contributed by atoms with Crippen LogP contribution in [0.25, 0.3) is 0 Å². The van der Waals surface area contributed by atoms with Gasteiger partial charge in [-0.3, -0.25) is 4.79 Å². The number of piperidine rings is 1. The Morgan fingerprint density at radius 3 is 2.90 bits per heavy atom. The molecule has 1 aliphatic heterocycles. The van der Waals surface area contributed by atoms with Gasteiger partial charge in [-0.25, -0.2) is 4.79 Å². The van der Waals surface area contributed by atoms with E-state index in [4.69, 9.17) is 5.11 Å². The largest absolute Gasteiger partial charge is 0.481 e.